The lowest BCUT2D eigenvalue weighted by Gasteiger charge is -2.37. The minimum absolute atomic E-state index is 0.407. The van der Waals surface area contributed by atoms with Gasteiger partial charge >= 0.3 is 0 Å². The van der Waals surface area contributed by atoms with Crippen LogP contribution in [0, 0.1) is 17.2 Å². The molecule has 154 valence electrons. The minimum atomic E-state index is -0.476. The second kappa shape index (κ2) is 10.3. The Balaban J connectivity index is 1.80. The third kappa shape index (κ3) is 5.03. The molecule has 1 fully saturated rings. The van der Waals surface area contributed by atoms with Gasteiger partial charge in [0, 0.05) is 17.6 Å². The van der Waals surface area contributed by atoms with E-state index in [0.717, 1.165) is 49.2 Å². The zero-order valence-electron chi connectivity index (χ0n) is 17.8. The van der Waals surface area contributed by atoms with Crippen LogP contribution in [0.4, 0.5) is 0 Å². The van der Waals surface area contributed by atoms with E-state index in [1.54, 1.807) is 0 Å². The Morgan fingerprint density at radius 2 is 1.76 bits per heavy atom. The molecule has 0 amide bonds. The van der Waals surface area contributed by atoms with E-state index in [1.165, 1.54) is 18.4 Å². The van der Waals surface area contributed by atoms with Gasteiger partial charge in [-0.15, -0.1) is 0 Å². The molecular weight excluding hydrogens is 376 g/mol. The summed E-state index contributed by atoms with van der Waals surface area (Å²) in [5.41, 5.74) is 1.90. The lowest BCUT2D eigenvalue weighted by Crippen LogP contribution is -2.37. The van der Waals surface area contributed by atoms with Gasteiger partial charge in [0.25, 0.3) is 0 Å². The fourth-order valence-electron chi connectivity index (χ4n) is 5.14. The third-order valence-corrected chi connectivity index (χ3v) is 7.18. The van der Waals surface area contributed by atoms with Crippen molar-refractivity contribution in [3.8, 4) is 6.07 Å². The molecular formula is C26H33ClN2. The van der Waals surface area contributed by atoms with Gasteiger partial charge in [0.05, 0.1) is 11.5 Å². The second-order valence-electron chi connectivity index (χ2n) is 8.55. The Morgan fingerprint density at radius 3 is 2.38 bits per heavy atom. The van der Waals surface area contributed by atoms with Crippen LogP contribution < -0.4 is 0 Å². The number of hydrogen-bond acceptors (Lipinski definition) is 2. The largest absolute Gasteiger partial charge is 0.299 e. The van der Waals surface area contributed by atoms with Crippen LogP contribution in [-0.2, 0) is 12.0 Å². The molecule has 2 aromatic rings. The maximum Gasteiger partial charge on any atom is 0.0865 e. The molecule has 1 aliphatic rings. The monoisotopic (exact) mass is 408 g/mol. The van der Waals surface area contributed by atoms with Crippen molar-refractivity contribution in [2.45, 2.75) is 69.9 Å². The average molecular weight is 409 g/mol. The Morgan fingerprint density at radius 1 is 1.10 bits per heavy atom. The summed E-state index contributed by atoms with van der Waals surface area (Å²) in [6.45, 7) is 3.19. The van der Waals surface area contributed by atoms with Crippen LogP contribution in [0.5, 0.6) is 0 Å². The highest BCUT2D eigenvalue weighted by Crippen LogP contribution is 2.47. The first kappa shape index (κ1) is 21.9. The minimum Gasteiger partial charge on any atom is -0.299 e. The Hall–Kier alpha value is -1.82. The van der Waals surface area contributed by atoms with Gasteiger partial charge in [-0.2, -0.15) is 5.26 Å². The molecule has 0 aliphatic heterocycles. The quantitative estimate of drug-likeness (QED) is 0.447. The van der Waals surface area contributed by atoms with E-state index in [2.05, 4.69) is 61.3 Å². The maximum atomic E-state index is 10.5. The fraction of sp³-hybridized carbons (Fsp3) is 0.500. The highest BCUT2D eigenvalue weighted by Gasteiger charge is 2.43. The molecule has 1 saturated carbocycles. The van der Waals surface area contributed by atoms with E-state index in [-0.39, 0.29) is 0 Å². The lowest BCUT2D eigenvalue weighted by atomic mass is 9.67. The van der Waals surface area contributed by atoms with Crippen LogP contribution in [-0.4, -0.2) is 18.0 Å². The SMILES string of the molecule is CCC(CCC(C#N)(c1ccccc1Cl)C1CCCC1)N(C)Cc1ccccc1. The molecule has 0 aromatic heterocycles. The smallest absolute Gasteiger partial charge is 0.0865 e. The van der Waals surface area contributed by atoms with E-state index in [4.69, 9.17) is 11.6 Å². The van der Waals surface area contributed by atoms with Crippen LogP contribution in [0.1, 0.15) is 63.0 Å². The molecule has 2 atom stereocenters. The van der Waals surface area contributed by atoms with Crippen molar-refractivity contribution in [1.29, 1.82) is 5.26 Å². The van der Waals surface area contributed by atoms with Crippen LogP contribution in [0.15, 0.2) is 54.6 Å². The van der Waals surface area contributed by atoms with Gasteiger partial charge in [-0.1, -0.05) is 79.9 Å². The van der Waals surface area contributed by atoms with Crippen LogP contribution in [0.2, 0.25) is 5.02 Å². The first-order chi connectivity index (χ1) is 14.1. The molecule has 29 heavy (non-hydrogen) atoms. The van der Waals surface area contributed by atoms with E-state index in [9.17, 15) is 5.26 Å². The van der Waals surface area contributed by atoms with Crippen molar-refractivity contribution in [1.82, 2.24) is 4.90 Å². The zero-order chi connectivity index (χ0) is 20.7. The molecule has 0 N–H and O–H groups in total. The number of nitrogens with zero attached hydrogens (tertiary/aromatic N) is 2. The number of halogens is 1. The highest BCUT2D eigenvalue weighted by atomic mass is 35.5. The lowest BCUT2D eigenvalue weighted by molar-refractivity contribution is 0.193. The third-order valence-electron chi connectivity index (χ3n) is 6.85. The van der Waals surface area contributed by atoms with Crippen molar-refractivity contribution >= 4 is 11.6 Å². The summed E-state index contributed by atoms with van der Waals surface area (Å²) in [6, 6.07) is 21.9. The number of nitriles is 1. The molecule has 1 aliphatic carbocycles. The van der Waals surface area contributed by atoms with E-state index < -0.39 is 5.41 Å². The summed E-state index contributed by atoms with van der Waals surface area (Å²) < 4.78 is 0. The number of benzene rings is 2. The maximum absolute atomic E-state index is 10.5. The summed E-state index contributed by atoms with van der Waals surface area (Å²) in [5.74, 6) is 0.407. The van der Waals surface area contributed by atoms with Crippen molar-refractivity contribution < 1.29 is 0 Å². The summed E-state index contributed by atoms with van der Waals surface area (Å²) in [5, 5.41) is 11.2. The highest BCUT2D eigenvalue weighted by molar-refractivity contribution is 6.31. The average Bonchev–Trinajstić information content (AvgIpc) is 3.28. The Kier molecular flexibility index (Phi) is 7.76. The molecule has 2 unspecified atom stereocenters. The molecule has 3 rings (SSSR count). The summed E-state index contributed by atoms with van der Waals surface area (Å²) in [7, 11) is 2.21. The van der Waals surface area contributed by atoms with Gasteiger partial charge in [0.15, 0.2) is 0 Å². The summed E-state index contributed by atoms with van der Waals surface area (Å²) in [6.07, 6.45) is 7.68. The Labute approximate surface area is 181 Å². The topological polar surface area (TPSA) is 27.0 Å². The zero-order valence-corrected chi connectivity index (χ0v) is 18.5. The predicted octanol–water partition coefficient (Wildman–Crippen LogP) is 6.98. The van der Waals surface area contributed by atoms with Crippen LogP contribution in [0.3, 0.4) is 0 Å². The van der Waals surface area contributed by atoms with E-state index in [1.807, 2.05) is 18.2 Å². The van der Waals surface area contributed by atoms with Gasteiger partial charge < -0.3 is 0 Å². The molecule has 3 heteroatoms. The van der Waals surface area contributed by atoms with Gasteiger partial charge in [0.1, 0.15) is 0 Å². The summed E-state index contributed by atoms with van der Waals surface area (Å²) >= 11 is 6.62. The molecule has 0 saturated heterocycles. The van der Waals surface area contributed by atoms with E-state index >= 15 is 0 Å². The van der Waals surface area contributed by atoms with Crippen LogP contribution in [0.25, 0.3) is 0 Å². The summed E-state index contributed by atoms with van der Waals surface area (Å²) in [4.78, 5) is 2.44. The van der Waals surface area contributed by atoms with Gasteiger partial charge in [-0.3, -0.25) is 4.90 Å². The van der Waals surface area contributed by atoms with Crippen molar-refractivity contribution in [2.24, 2.45) is 5.92 Å². The van der Waals surface area contributed by atoms with Crippen molar-refractivity contribution in [3.05, 3.63) is 70.7 Å². The fourth-order valence-corrected chi connectivity index (χ4v) is 5.44. The molecule has 0 heterocycles. The first-order valence-electron chi connectivity index (χ1n) is 11.0. The molecule has 0 spiro atoms. The predicted molar refractivity (Wildman–Crippen MR) is 122 cm³/mol. The number of rotatable bonds is 9. The van der Waals surface area contributed by atoms with Gasteiger partial charge in [-0.05, 0) is 62.3 Å². The normalized spacial score (nSPS) is 17.8. The first-order valence-corrected chi connectivity index (χ1v) is 11.4. The second-order valence-corrected chi connectivity index (χ2v) is 8.95. The standard InChI is InChI=1S/C26H33ClN2/c1-3-23(29(2)19-21-11-5-4-6-12-21)17-18-26(20-28,22-13-7-8-14-22)24-15-9-10-16-25(24)27/h4-6,9-12,15-16,22-23H,3,7-8,13-14,17-19H2,1-2H3. The molecule has 0 radical (unpaired) electrons. The van der Waals surface area contributed by atoms with Crippen molar-refractivity contribution in [3.63, 3.8) is 0 Å². The van der Waals surface area contributed by atoms with E-state index in [0.29, 0.717) is 12.0 Å². The molecule has 2 aromatic carbocycles. The van der Waals surface area contributed by atoms with Gasteiger partial charge in [-0.25, -0.2) is 0 Å². The molecule has 2 nitrogen and oxygen atoms in total. The Bertz CT molecular complexity index is 807. The van der Waals surface area contributed by atoms with Crippen LogP contribution >= 0.6 is 11.6 Å². The molecule has 0 bridgehead atoms. The number of hydrogen-bond donors (Lipinski definition) is 0. The van der Waals surface area contributed by atoms with Crippen molar-refractivity contribution in [2.75, 3.05) is 7.05 Å². The van der Waals surface area contributed by atoms with Gasteiger partial charge in [0.2, 0.25) is 0 Å².